The third-order valence-electron chi connectivity index (χ3n) is 4.57. The van der Waals surface area contributed by atoms with Gasteiger partial charge in [-0.15, -0.1) is 0 Å². The lowest BCUT2D eigenvalue weighted by Gasteiger charge is -2.12. The zero-order valence-corrected chi connectivity index (χ0v) is 22.6. The van der Waals surface area contributed by atoms with Gasteiger partial charge in [-0.3, -0.25) is 28.8 Å². The number of ketones is 3. The number of hydrogen-bond donors (Lipinski definition) is 0. The second-order valence-electron chi connectivity index (χ2n) is 8.61. The first kappa shape index (κ1) is 33.5. The Morgan fingerprint density at radius 1 is 0.462 bits per heavy atom. The minimum atomic E-state index is -0.608. The first-order valence-electron chi connectivity index (χ1n) is 12.3. The average Bonchev–Trinajstić information content (AvgIpc) is 2.82. The molecule has 0 aliphatic rings. The highest BCUT2D eigenvalue weighted by atomic mass is 16.6. The zero-order valence-electron chi connectivity index (χ0n) is 22.6. The van der Waals surface area contributed by atoms with Gasteiger partial charge in [0, 0.05) is 0 Å². The van der Waals surface area contributed by atoms with Crippen LogP contribution in [0.25, 0.3) is 0 Å². The summed E-state index contributed by atoms with van der Waals surface area (Å²) in [5, 5.41) is 0. The Labute approximate surface area is 227 Å². The predicted octanol–water partition coefficient (Wildman–Crippen LogP) is 1.80. The molecule has 0 N–H and O–H groups in total. The van der Waals surface area contributed by atoms with Crippen molar-refractivity contribution in [3.8, 4) is 0 Å². The van der Waals surface area contributed by atoms with Crippen LogP contribution in [0.3, 0.4) is 0 Å². The molecule has 0 saturated carbocycles. The molecule has 0 aliphatic heterocycles. The Hall–Kier alpha value is -3.48. The maximum Gasteiger partial charge on any atom is 0.313 e. The summed E-state index contributed by atoms with van der Waals surface area (Å²) in [5.74, 6) is -2.66. The van der Waals surface area contributed by atoms with Crippen LogP contribution in [0, 0.1) is 0 Å². The van der Waals surface area contributed by atoms with Crippen molar-refractivity contribution in [2.24, 2.45) is 0 Å². The molecule has 0 spiro atoms. The van der Waals surface area contributed by atoms with E-state index in [0.717, 1.165) is 16.7 Å². The molecule has 0 aromatic heterocycles. The summed E-state index contributed by atoms with van der Waals surface area (Å²) in [7, 11) is 0. The molecule has 0 atom stereocenters. The lowest BCUT2D eigenvalue weighted by Crippen LogP contribution is -2.14. The highest BCUT2D eigenvalue weighted by Gasteiger charge is 2.09. The van der Waals surface area contributed by atoms with E-state index < -0.39 is 17.9 Å². The average molecular weight is 553 g/mol. The van der Waals surface area contributed by atoms with Crippen LogP contribution >= 0.6 is 0 Å². The van der Waals surface area contributed by atoms with E-state index in [9.17, 15) is 28.8 Å². The van der Waals surface area contributed by atoms with E-state index in [0.29, 0.717) is 0 Å². The molecule has 0 amide bonds. The standard InChI is InChI=1S/C27H36O12/c1-19(28)10-25(31)37-7-4-34-16-22-13-23(17-35-5-8-38-26(32)11-20(2)29)15-24(14-22)18-36-6-9-39-27(33)12-21(3)30/h13-15H,4-12,16-18H2,1-3H3. The van der Waals surface area contributed by atoms with E-state index in [1.165, 1.54) is 20.8 Å². The van der Waals surface area contributed by atoms with Crippen molar-refractivity contribution in [2.45, 2.75) is 59.9 Å². The predicted molar refractivity (Wildman–Crippen MR) is 134 cm³/mol. The third kappa shape index (κ3) is 18.4. The Bertz CT molecular complexity index is 849. The minimum absolute atomic E-state index is 0.00950. The maximum atomic E-state index is 11.4. The van der Waals surface area contributed by atoms with E-state index in [-0.39, 0.29) is 96.1 Å². The number of Topliss-reactive ketones (excluding diaryl/α,β-unsaturated/α-hetero) is 3. The lowest BCUT2D eigenvalue weighted by molar-refractivity contribution is -0.148. The van der Waals surface area contributed by atoms with Crippen LogP contribution in [0.2, 0.25) is 0 Å². The fourth-order valence-corrected chi connectivity index (χ4v) is 3.07. The van der Waals surface area contributed by atoms with Crippen molar-refractivity contribution < 1.29 is 57.2 Å². The van der Waals surface area contributed by atoms with Crippen LogP contribution < -0.4 is 0 Å². The summed E-state index contributed by atoms with van der Waals surface area (Å²) < 4.78 is 31.5. The number of esters is 3. The summed E-state index contributed by atoms with van der Waals surface area (Å²) >= 11 is 0. The molecule has 39 heavy (non-hydrogen) atoms. The van der Waals surface area contributed by atoms with E-state index in [2.05, 4.69) is 0 Å². The molecule has 0 unspecified atom stereocenters. The molecule has 1 aromatic carbocycles. The number of hydrogen-bond acceptors (Lipinski definition) is 12. The quantitative estimate of drug-likeness (QED) is 0.0944. The second kappa shape index (κ2) is 19.6. The highest BCUT2D eigenvalue weighted by molar-refractivity contribution is 5.95. The van der Waals surface area contributed by atoms with Crippen LogP contribution in [0.5, 0.6) is 0 Å². The van der Waals surface area contributed by atoms with E-state index in [4.69, 9.17) is 28.4 Å². The number of benzene rings is 1. The fraction of sp³-hybridized carbons (Fsp3) is 0.556. The van der Waals surface area contributed by atoms with Gasteiger partial charge in [0.1, 0.15) is 56.4 Å². The molecular weight excluding hydrogens is 516 g/mol. The van der Waals surface area contributed by atoms with Crippen LogP contribution in [0.1, 0.15) is 56.7 Å². The first-order chi connectivity index (χ1) is 18.5. The number of rotatable bonds is 21. The van der Waals surface area contributed by atoms with Crippen LogP contribution in [0.4, 0.5) is 0 Å². The molecule has 1 aromatic rings. The summed E-state index contributed by atoms with van der Waals surface area (Å²) in [6.07, 6.45) is -0.841. The van der Waals surface area contributed by atoms with Crippen molar-refractivity contribution in [2.75, 3.05) is 39.6 Å². The monoisotopic (exact) mass is 552 g/mol. The number of carbonyl (C=O) groups excluding carboxylic acids is 6. The van der Waals surface area contributed by atoms with E-state index in [1.807, 2.05) is 18.2 Å². The smallest absolute Gasteiger partial charge is 0.313 e. The summed E-state index contributed by atoms with van der Waals surface area (Å²) in [6, 6.07) is 5.57. The van der Waals surface area contributed by atoms with Crippen molar-refractivity contribution in [3.63, 3.8) is 0 Å². The molecule has 12 nitrogen and oxygen atoms in total. The van der Waals surface area contributed by atoms with Crippen molar-refractivity contribution >= 4 is 35.3 Å². The Morgan fingerprint density at radius 2 is 0.718 bits per heavy atom. The molecule has 12 heteroatoms. The molecule has 0 aliphatic carbocycles. The molecular formula is C27H36O12. The van der Waals surface area contributed by atoms with E-state index in [1.54, 1.807) is 0 Å². The Kier molecular flexibility index (Phi) is 16.8. The summed E-state index contributed by atoms with van der Waals surface area (Å²) in [4.78, 5) is 67.1. The molecule has 1 rings (SSSR count). The molecule has 0 bridgehead atoms. The van der Waals surface area contributed by atoms with Crippen molar-refractivity contribution in [3.05, 3.63) is 34.9 Å². The maximum absolute atomic E-state index is 11.4. The Morgan fingerprint density at radius 3 is 0.949 bits per heavy atom. The fourth-order valence-electron chi connectivity index (χ4n) is 3.07. The largest absolute Gasteiger partial charge is 0.463 e. The summed E-state index contributed by atoms with van der Waals surface area (Å²) in [6.45, 7) is 4.95. The van der Waals surface area contributed by atoms with Gasteiger partial charge in [-0.25, -0.2) is 0 Å². The summed E-state index contributed by atoms with van der Waals surface area (Å²) in [5.41, 5.74) is 2.39. The van der Waals surface area contributed by atoms with Crippen LogP contribution in [0.15, 0.2) is 18.2 Å². The van der Waals surface area contributed by atoms with Gasteiger partial charge in [0.15, 0.2) is 0 Å². The second-order valence-corrected chi connectivity index (χ2v) is 8.61. The molecule has 0 heterocycles. The van der Waals surface area contributed by atoms with E-state index >= 15 is 0 Å². The van der Waals surface area contributed by atoms with Gasteiger partial charge in [0.25, 0.3) is 0 Å². The van der Waals surface area contributed by atoms with Gasteiger partial charge < -0.3 is 28.4 Å². The zero-order chi connectivity index (χ0) is 29.0. The van der Waals surface area contributed by atoms with Crippen LogP contribution in [-0.4, -0.2) is 74.9 Å². The minimum Gasteiger partial charge on any atom is -0.463 e. The van der Waals surface area contributed by atoms with Crippen LogP contribution in [-0.2, 0) is 77.0 Å². The SMILES string of the molecule is CC(=O)CC(=O)OCCOCc1cc(COCCOC(=O)CC(C)=O)cc(COCCOC(=O)CC(C)=O)c1. The highest BCUT2D eigenvalue weighted by Crippen LogP contribution is 2.14. The molecule has 216 valence electrons. The van der Waals surface area contributed by atoms with Crippen molar-refractivity contribution in [1.82, 2.24) is 0 Å². The van der Waals surface area contributed by atoms with Gasteiger partial charge in [0.05, 0.1) is 39.6 Å². The first-order valence-corrected chi connectivity index (χ1v) is 12.3. The molecule has 0 fully saturated rings. The number of ether oxygens (including phenoxy) is 6. The normalized spacial score (nSPS) is 10.5. The lowest BCUT2D eigenvalue weighted by atomic mass is 10.1. The molecule has 0 radical (unpaired) electrons. The molecule has 0 saturated heterocycles. The van der Waals surface area contributed by atoms with Crippen molar-refractivity contribution in [1.29, 1.82) is 0 Å². The van der Waals surface area contributed by atoms with Gasteiger partial charge in [-0.2, -0.15) is 0 Å². The topological polar surface area (TPSA) is 158 Å². The van der Waals surface area contributed by atoms with Gasteiger partial charge >= 0.3 is 17.9 Å². The van der Waals surface area contributed by atoms with Gasteiger partial charge in [-0.1, -0.05) is 18.2 Å². The Balaban J connectivity index is 2.58. The van der Waals surface area contributed by atoms with Gasteiger partial charge in [0.2, 0.25) is 0 Å². The third-order valence-corrected chi connectivity index (χ3v) is 4.57. The van der Waals surface area contributed by atoms with Gasteiger partial charge in [-0.05, 0) is 37.5 Å². The number of carbonyl (C=O) groups is 6.